The second-order valence-corrected chi connectivity index (χ2v) is 5.48. The quantitative estimate of drug-likeness (QED) is 0.789. The van der Waals surface area contributed by atoms with Gasteiger partial charge in [-0.25, -0.2) is 0 Å². The highest BCUT2D eigenvalue weighted by Crippen LogP contribution is 2.29. The lowest BCUT2D eigenvalue weighted by Gasteiger charge is -2.23. The van der Waals surface area contributed by atoms with Gasteiger partial charge in [-0.1, -0.05) is 42.6 Å². The number of hydrogen-bond donors (Lipinski definition) is 3. The third-order valence-electron chi connectivity index (χ3n) is 3.57. The molecule has 19 heavy (non-hydrogen) atoms. The summed E-state index contributed by atoms with van der Waals surface area (Å²) in [4.78, 5) is 11.9. The van der Waals surface area contributed by atoms with Crippen LogP contribution in [0.5, 0.6) is 0 Å². The normalized spacial score (nSPS) is 19.1. The molecule has 1 saturated carbocycles. The van der Waals surface area contributed by atoms with Crippen molar-refractivity contribution in [1.82, 2.24) is 5.32 Å². The van der Waals surface area contributed by atoms with Gasteiger partial charge in [0.2, 0.25) is 0 Å². The summed E-state index contributed by atoms with van der Waals surface area (Å²) < 4.78 is 0. The molecule has 0 aromatic heterocycles. The summed E-state index contributed by atoms with van der Waals surface area (Å²) in [5.41, 5.74) is -0.448. The van der Waals surface area contributed by atoms with Gasteiger partial charge in [0.15, 0.2) is 6.10 Å². The second-order valence-electron chi connectivity index (χ2n) is 5.07. The fourth-order valence-corrected chi connectivity index (χ4v) is 2.64. The number of aliphatic hydroxyl groups excluding tert-OH is 1. The SMILES string of the molecule is O=C(NCC1(O)CCCC1)[C@H](O)c1ccccc1Cl. The Bertz CT molecular complexity index is 458. The number of rotatable bonds is 4. The predicted octanol–water partition coefficient (Wildman–Crippen LogP) is 1.79. The van der Waals surface area contributed by atoms with Crippen LogP contribution in [0, 0.1) is 0 Å². The van der Waals surface area contributed by atoms with Crippen molar-refractivity contribution in [1.29, 1.82) is 0 Å². The van der Waals surface area contributed by atoms with Gasteiger partial charge in [0.05, 0.1) is 5.60 Å². The average Bonchev–Trinajstić information content (AvgIpc) is 2.83. The maximum atomic E-state index is 11.9. The van der Waals surface area contributed by atoms with E-state index in [1.807, 2.05) is 0 Å². The maximum absolute atomic E-state index is 11.9. The largest absolute Gasteiger partial charge is 0.388 e. The van der Waals surface area contributed by atoms with E-state index in [0.717, 1.165) is 12.8 Å². The minimum atomic E-state index is -1.31. The minimum absolute atomic E-state index is 0.174. The smallest absolute Gasteiger partial charge is 0.253 e. The molecule has 0 heterocycles. The summed E-state index contributed by atoms with van der Waals surface area (Å²) >= 11 is 5.93. The predicted molar refractivity (Wildman–Crippen MR) is 72.8 cm³/mol. The number of aliphatic hydroxyl groups is 2. The van der Waals surface area contributed by atoms with Gasteiger partial charge in [-0.2, -0.15) is 0 Å². The van der Waals surface area contributed by atoms with Crippen LogP contribution < -0.4 is 5.32 Å². The molecule has 1 atom stereocenters. The summed E-state index contributed by atoms with van der Waals surface area (Å²) in [5.74, 6) is -0.534. The van der Waals surface area contributed by atoms with E-state index >= 15 is 0 Å². The number of carbonyl (C=O) groups is 1. The van der Waals surface area contributed by atoms with Crippen LogP contribution in [-0.2, 0) is 4.79 Å². The highest BCUT2D eigenvalue weighted by atomic mass is 35.5. The molecule has 1 fully saturated rings. The Hall–Kier alpha value is -1.10. The monoisotopic (exact) mass is 283 g/mol. The molecular weight excluding hydrogens is 266 g/mol. The summed E-state index contributed by atoms with van der Waals surface area (Å²) in [7, 11) is 0. The second kappa shape index (κ2) is 5.90. The summed E-state index contributed by atoms with van der Waals surface area (Å²) in [6.07, 6.45) is 2.02. The van der Waals surface area contributed by atoms with Gasteiger partial charge >= 0.3 is 0 Å². The van der Waals surface area contributed by atoms with E-state index in [1.54, 1.807) is 24.3 Å². The van der Waals surface area contributed by atoms with Crippen molar-refractivity contribution in [2.45, 2.75) is 37.4 Å². The first-order valence-corrected chi connectivity index (χ1v) is 6.82. The van der Waals surface area contributed by atoms with Gasteiger partial charge in [-0.15, -0.1) is 0 Å². The van der Waals surface area contributed by atoms with Crippen molar-refractivity contribution in [2.75, 3.05) is 6.54 Å². The number of carbonyl (C=O) groups excluding carboxylic acids is 1. The van der Waals surface area contributed by atoms with Gasteiger partial charge in [0.25, 0.3) is 5.91 Å². The van der Waals surface area contributed by atoms with Crippen LogP contribution in [0.3, 0.4) is 0 Å². The van der Waals surface area contributed by atoms with Crippen LogP contribution >= 0.6 is 11.6 Å². The van der Waals surface area contributed by atoms with E-state index in [0.29, 0.717) is 23.4 Å². The Kier molecular flexibility index (Phi) is 4.45. The fourth-order valence-electron chi connectivity index (χ4n) is 2.40. The van der Waals surface area contributed by atoms with Crippen LogP contribution in [0.15, 0.2) is 24.3 Å². The molecule has 4 nitrogen and oxygen atoms in total. The molecule has 104 valence electrons. The summed E-state index contributed by atoms with van der Waals surface area (Å²) in [6, 6.07) is 6.68. The van der Waals surface area contributed by atoms with E-state index in [4.69, 9.17) is 11.6 Å². The third kappa shape index (κ3) is 3.47. The van der Waals surface area contributed by atoms with E-state index in [1.165, 1.54) is 0 Å². The number of benzene rings is 1. The lowest BCUT2D eigenvalue weighted by atomic mass is 10.0. The molecule has 0 saturated heterocycles. The molecule has 0 unspecified atom stereocenters. The zero-order valence-corrected chi connectivity index (χ0v) is 11.4. The Labute approximate surface area is 117 Å². The molecule has 1 aliphatic carbocycles. The van der Waals surface area contributed by atoms with Gasteiger partial charge in [0, 0.05) is 17.1 Å². The molecule has 0 bridgehead atoms. The van der Waals surface area contributed by atoms with Gasteiger partial charge < -0.3 is 15.5 Å². The van der Waals surface area contributed by atoms with E-state index in [2.05, 4.69) is 5.32 Å². The van der Waals surface area contributed by atoms with Crippen molar-refractivity contribution in [3.05, 3.63) is 34.9 Å². The van der Waals surface area contributed by atoms with Gasteiger partial charge in [0.1, 0.15) is 0 Å². The molecule has 5 heteroatoms. The standard InChI is InChI=1S/C14H18ClNO3/c15-11-6-2-1-5-10(11)12(17)13(18)16-9-14(19)7-3-4-8-14/h1-2,5-6,12,17,19H,3-4,7-9H2,(H,16,18)/t12-/m1/s1. The van der Waals surface area contributed by atoms with Crippen molar-refractivity contribution < 1.29 is 15.0 Å². The molecular formula is C14H18ClNO3. The Balaban J connectivity index is 1.94. The first kappa shape index (κ1) is 14.3. The molecule has 1 aromatic carbocycles. The lowest BCUT2D eigenvalue weighted by Crippen LogP contribution is -2.42. The fraction of sp³-hybridized carbons (Fsp3) is 0.500. The van der Waals surface area contributed by atoms with Crippen molar-refractivity contribution >= 4 is 17.5 Å². The summed E-state index contributed by atoms with van der Waals surface area (Å²) in [6.45, 7) is 0.174. The number of amides is 1. The molecule has 1 aromatic rings. The average molecular weight is 284 g/mol. The molecule has 0 spiro atoms. The molecule has 0 radical (unpaired) electrons. The first-order chi connectivity index (χ1) is 9.02. The van der Waals surface area contributed by atoms with Gasteiger partial charge in [-0.05, 0) is 18.9 Å². The Morgan fingerprint density at radius 3 is 2.63 bits per heavy atom. The van der Waals surface area contributed by atoms with Crippen LogP contribution in [0.1, 0.15) is 37.4 Å². The maximum Gasteiger partial charge on any atom is 0.253 e. The zero-order valence-electron chi connectivity index (χ0n) is 10.6. The van der Waals surface area contributed by atoms with Crippen molar-refractivity contribution in [3.63, 3.8) is 0 Å². The van der Waals surface area contributed by atoms with Crippen molar-refractivity contribution in [2.24, 2.45) is 0 Å². The molecule has 1 aliphatic rings. The minimum Gasteiger partial charge on any atom is -0.388 e. The number of hydrogen-bond acceptors (Lipinski definition) is 3. The molecule has 1 amide bonds. The topological polar surface area (TPSA) is 69.6 Å². The number of halogens is 1. The number of nitrogens with one attached hydrogen (secondary N) is 1. The Morgan fingerprint density at radius 2 is 2.00 bits per heavy atom. The molecule has 0 aliphatic heterocycles. The Morgan fingerprint density at radius 1 is 1.37 bits per heavy atom. The van der Waals surface area contributed by atoms with Crippen LogP contribution in [0.2, 0.25) is 5.02 Å². The molecule has 2 rings (SSSR count). The van der Waals surface area contributed by atoms with E-state index < -0.39 is 17.6 Å². The van der Waals surface area contributed by atoms with Crippen LogP contribution in [0.4, 0.5) is 0 Å². The highest BCUT2D eigenvalue weighted by Gasteiger charge is 2.32. The lowest BCUT2D eigenvalue weighted by molar-refractivity contribution is -0.130. The van der Waals surface area contributed by atoms with E-state index in [9.17, 15) is 15.0 Å². The third-order valence-corrected chi connectivity index (χ3v) is 3.92. The highest BCUT2D eigenvalue weighted by molar-refractivity contribution is 6.31. The van der Waals surface area contributed by atoms with Crippen LogP contribution in [0.25, 0.3) is 0 Å². The zero-order chi connectivity index (χ0) is 13.9. The first-order valence-electron chi connectivity index (χ1n) is 6.44. The molecule has 3 N–H and O–H groups in total. The van der Waals surface area contributed by atoms with Gasteiger partial charge in [-0.3, -0.25) is 4.79 Å². The van der Waals surface area contributed by atoms with Crippen LogP contribution in [-0.4, -0.2) is 28.3 Å². The van der Waals surface area contributed by atoms with E-state index in [-0.39, 0.29) is 6.54 Å². The van der Waals surface area contributed by atoms with Crippen molar-refractivity contribution in [3.8, 4) is 0 Å². The summed E-state index contributed by atoms with van der Waals surface area (Å²) in [5, 5.41) is 23.0.